The molecule has 0 aliphatic carbocycles. The van der Waals surface area contributed by atoms with Gasteiger partial charge in [0.1, 0.15) is 5.75 Å². The Balaban J connectivity index is 2.55. The maximum atomic E-state index is 9.68. The van der Waals surface area contributed by atoms with E-state index in [0.717, 1.165) is 18.4 Å². The molecular weight excluding hydrogens is 238 g/mol. The second-order valence-corrected chi connectivity index (χ2v) is 4.53. The molecule has 1 aromatic rings. The van der Waals surface area contributed by atoms with Crippen LogP contribution in [0.1, 0.15) is 25.3 Å². The average Bonchev–Trinajstić information content (AvgIpc) is 2.30. The topological polar surface area (TPSA) is 41.5 Å². The molecule has 0 heterocycles. The van der Waals surface area contributed by atoms with Crippen LogP contribution in [0.5, 0.6) is 5.75 Å². The summed E-state index contributed by atoms with van der Waals surface area (Å²) in [6.45, 7) is 3.41. The number of benzene rings is 1. The third kappa shape index (κ3) is 4.94. The second-order valence-electron chi connectivity index (χ2n) is 4.09. The number of phenolic OH excluding ortho intramolecular Hbond substituents is 1. The molecule has 0 aliphatic rings. The molecule has 0 bridgehead atoms. The molecule has 17 heavy (non-hydrogen) atoms. The van der Waals surface area contributed by atoms with Crippen molar-refractivity contribution in [1.29, 1.82) is 0 Å². The fourth-order valence-corrected chi connectivity index (χ4v) is 1.94. The maximum Gasteiger partial charge on any atom is 0.120 e. The van der Waals surface area contributed by atoms with Gasteiger partial charge in [-0.1, -0.05) is 24.9 Å². The van der Waals surface area contributed by atoms with Gasteiger partial charge in [0.05, 0.1) is 6.61 Å². The molecule has 4 heteroatoms. The predicted octanol–water partition coefficient (Wildman–Crippen LogP) is 2.95. The summed E-state index contributed by atoms with van der Waals surface area (Å²) in [7, 11) is 1.70. The van der Waals surface area contributed by atoms with Crippen LogP contribution in [0, 0.1) is 0 Å². The fourth-order valence-electron chi connectivity index (χ4n) is 1.74. The smallest absolute Gasteiger partial charge is 0.120 e. The lowest BCUT2D eigenvalue weighted by atomic mass is 10.1. The van der Waals surface area contributed by atoms with Crippen LogP contribution in [0.15, 0.2) is 18.2 Å². The second kappa shape index (κ2) is 7.54. The molecular formula is C13H20ClNO2. The van der Waals surface area contributed by atoms with Crippen LogP contribution < -0.4 is 5.32 Å². The van der Waals surface area contributed by atoms with E-state index < -0.39 is 0 Å². The first kappa shape index (κ1) is 14.3. The van der Waals surface area contributed by atoms with Crippen molar-refractivity contribution in [2.24, 2.45) is 0 Å². The SMILES string of the molecule is CCCC(COC)NCc1cc(Cl)ccc1O. The number of hydrogen-bond donors (Lipinski definition) is 2. The first-order valence-corrected chi connectivity index (χ1v) is 6.24. The van der Waals surface area contributed by atoms with E-state index in [-0.39, 0.29) is 5.75 Å². The lowest BCUT2D eigenvalue weighted by Crippen LogP contribution is -2.32. The van der Waals surface area contributed by atoms with Gasteiger partial charge in [0.15, 0.2) is 0 Å². The largest absolute Gasteiger partial charge is 0.508 e. The summed E-state index contributed by atoms with van der Waals surface area (Å²) in [5.41, 5.74) is 0.815. The Hall–Kier alpha value is -0.770. The molecule has 0 spiro atoms. The van der Waals surface area contributed by atoms with E-state index in [0.29, 0.717) is 24.2 Å². The first-order chi connectivity index (χ1) is 8.17. The summed E-state index contributed by atoms with van der Waals surface area (Å²) >= 11 is 5.89. The van der Waals surface area contributed by atoms with Crippen LogP contribution in [0.4, 0.5) is 0 Å². The molecule has 3 nitrogen and oxygen atoms in total. The highest BCUT2D eigenvalue weighted by molar-refractivity contribution is 6.30. The van der Waals surface area contributed by atoms with Gasteiger partial charge in [-0.3, -0.25) is 0 Å². The molecule has 1 atom stereocenters. The van der Waals surface area contributed by atoms with Gasteiger partial charge in [0.2, 0.25) is 0 Å². The van der Waals surface area contributed by atoms with Crippen molar-refractivity contribution < 1.29 is 9.84 Å². The molecule has 0 aromatic heterocycles. The number of nitrogens with one attached hydrogen (secondary N) is 1. The number of methoxy groups -OCH3 is 1. The van der Waals surface area contributed by atoms with Crippen LogP contribution in [0.2, 0.25) is 5.02 Å². The quantitative estimate of drug-likeness (QED) is 0.789. The molecule has 0 fully saturated rings. The highest BCUT2D eigenvalue weighted by Gasteiger charge is 2.08. The molecule has 0 saturated carbocycles. The molecule has 0 saturated heterocycles. The van der Waals surface area contributed by atoms with Gasteiger partial charge in [-0.25, -0.2) is 0 Å². The minimum atomic E-state index is 0.273. The molecule has 2 N–H and O–H groups in total. The molecule has 96 valence electrons. The summed E-state index contributed by atoms with van der Waals surface area (Å²) in [6.07, 6.45) is 2.15. The molecule has 1 aromatic carbocycles. The van der Waals surface area contributed by atoms with Crippen molar-refractivity contribution in [3.63, 3.8) is 0 Å². The Bertz CT molecular complexity index is 338. The van der Waals surface area contributed by atoms with Gasteiger partial charge < -0.3 is 15.2 Å². The van der Waals surface area contributed by atoms with Gasteiger partial charge in [0, 0.05) is 30.3 Å². The van der Waals surface area contributed by atoms with Gasteiger partial charge in [0.25, 0.3) is 0 Å². The summed E-state index contributed by atoms with van der Waals surface area (Å²) in [6, 6.07) is 5.38. The van der Waals surface area contributed by atoms with Crippen LogP contribution >= 0.6 is 11.6 Å². The van der Waals surface area contributed by atoms with E-state index in [1.165, 1.54) is 0 Å². The minimum Gasteiger partial charge on any atom is -0.508 e. The highest BCUT2D eigenvalue weighted by atomic mass is 35.5. The summed E-state index contributed by atoms with van der Waals surface area (Å²) in [5.74, 6) is 0.273. The third-order valence-electron chi connectivity index (χ3n) is 2.63. The number of halogens is 1. The van der Waals surface area contributed by atoms with Gasteiger partial charge in [-0.2, -0.15) is 0 Å². The molecule has 0 aliphatic heterocycles. The van der Waals surface area contributed by atoms with Crippen molar-refractivity contribution in [3.8, 4) is 5.75 Å². The normalized spacial score (nSPS) is 12.6. The van der Waals surface area contributed by atoms with E-state index in [1.807, 2.05) is 0 Å². The van der Waals surface area contributed by atoms with Gasteiger partial charge in [-0.05, 0) is 24.6 Å². The molecule has 1 rings (SSSR count). The van der Waals surface area contributed by atoms with E-state index in [2.05, 4.69) is 12.2 Å². The van der Waals surface area contributed by atoms with E-state index in [9.17, 15) is 5.11 Å². The van der Waals surface area contributed by atoms with Crippen molar-refractivity contribution in [2.75, 3.05) is 13.7 Å². The number of phenols is 1. The average molecular weight is 258 g/mol. The first-order valence-electron chi connectivity index (χ1n) is 5.87. The minimum absolute atomic E-state index is 0.273. The number of ether oxygens (including phenoxy) is 1. The standard InChI is InChI=1S/C13H20ClNO2/c1-3-4-12(9-17-2)15-8-10-7-11(14)5-6-13(10)16/h5-7,12,15-16H,3-4,8-9H2,1-2H3. The lowest BCUT2D eigenvalue weighted by molar-refractivity contribution is 0.161. The monoisotopic (exact) mass is 257 g/mol. The van der Waals surface area contributed by atoms with E-state index in [1.54, 1.807) is 25.3 Å². The van der Waals surface area contributed by atoms with Crippen molar-refractivity contribution in [3.05, 3.63) is 28.8 Å². The molecule has 1 unspecified atom stereocenters. The van der Waals surface area contributed by atoms with Gasteiger partial charge >= 0.3 is 0 Å². The van der Waals surface area contributed by atoms with Gasteiger partial charge in [-0.15, -0.1) is 0 Å². The fraction of sp³-hybridized carbons (Fsp3) is 0.538. The van der Waals surface area contributed by atoms with E-state index >= 15 is 0 Å². The Morgan fingerprint density at radius 3 is 2.88 bits per heavy atom. The van der Waals surface area contributed by atoms with E-state index in [4.69, 9.17) is 16.3 Å². The Labute approximate surface area is 108 Å². The number of rotatable bonds is 7. The molecule has 0 amide bonds. The zero-order valence-electron chi connectivity index (χ0n) is 10.4. The third-order valence-corrected chi connectivity index (χ3v) is 2.86. The van der Waals surface area contributed by atoms with Crippen molar-refractivity contribution in [2.45, 2.75) is 32.4 Å². The zero-order valence-corrected chi connectivity index (χ0v) is 11.1. The zero-order chi connectivity index (χ0) is 12.7. The summed E-state index contributed by atoms with van der Waals surface area (Å²) in [4.78, 5) is 0. The van der Waals surface area contributed by atoms with Crippen LogP contribution in [-0.2, 0) is 11.3 Å². The summed E-state index contributed by atoms with van der Waals surface area (Å²) < 4.78 is 5.15. The van der Waals surface area contributed by atoms with Crippen molar-refractivity contribution in [1.82, 2.24) is 5.32 Å². The Morgan fingerprint density at radius 2 is 2.24 bits per heavy atom. The summed E-state index contributed by atoms with van der Waals surface area (Å²) in [5, 5.41) is 13.7. The highest BCUT2D eigenvalue weighted by Crippen LogP contribution is 2.21. The lowest BCUT2D eigenvalue weighted by Gasteiger charge is -2.17. The Kier molecular flexibility index (Phi) is 6.34. The number of hydrogen-bond acceptors (Lipinski definition) is 3. The molecule has 0 radical (unpaired) electrons. The van der Waals surface area contributed by atoms with Crippen LogP contribution in [-0.4, -0.2) is 24.9 Å². The predicted molar refractivity (Wildman–Crippen MR) is 70.5 cm³/mol. The van der Waals surface area contributed by atoms with Crippen LogP contribution in [0.25, 0.3) is 0 Å². The van der Waals surface area contributed by atoms with Crippen LogP contribution in [0.3, 0.4) is 0 Å². The van der Waals surface area contributed by atoms with Crippen molar-refractivity contribution >= 4 is 11.6 Å². The maximum absolute atomic E-state index is 9.68. The number of aromatic hydroxyl groups is 1. The Morgan fingerprint density at radius 1 is 1.47 bits per heavy atom.